The lowest BCUT2D eigenvalue weighted by atomic mass is 10.0. The molecule has 9 heteroatoms. The van der Waals surface area contributed by atoms with E-state index < -0.39 is 0 Å². The van der Waals surface area contributed by atoms with Crippen molar-refractivity contribution in [1.29, 1.82) is 0 Å². The van der Waals surface area contributed by atoms with Crippen LogP contribution >= 0.6 is 11.3 Å². The fourth-order valence-corrected chi connectivity index (χ4v) is 4.21. The van der Waals surface area contributed by atoms with Gasteiger partial charge >= 0.3 is 0 Å². The van der Waals surface area contributed by atoms with Gasteiger partial charge in [-0.3, -0.25) is 9.59 Å². The maximum Gasteiger partial charge on any atom is 0.291 e. The number of carbonyl (C=O) groups is 2. The number of hydrogen-bond acceptors (Lipinski definition) is 7. The largest absolute Gasteiger partial charge is 0.494 e. The van der Waals surface area contributed by atoms with Gasteiger partial charge in [-0.05, 0) is 6.92 Å². The second-order valence-electron chi connectivity index (χ2n) is 6.60. The Morgan fingerprint density at radius 1 is 1.31 bits per heavy atom. The number of thiazole rings is 1. The van der Waals surface area contributed by atoms with Gasteiger partial charge in [-0.15, -0.1) is 11.3 Å². The Kier molecular flexibility index (Phi) is 4.31. The van der Waals surface area contributed by atoms with Gasteiger partial charge in [0.25, 0.3) is 5.91 Å². The number of hydrogen-bond donors (Lipinski definition) is 0. The van der Waals surface area contributed by atoms with Crippen LogP contribution in [0, 0.1) is 18.8 Å². The molecule has 2 fully saturated rings. The van der Waals surface area contributed by atoms with Crippen molar-refractivity contribution < 1.29 is 14.3 Å². The summed E-state index contributed by atoms with van der Waals surface area (Å²) in [5, 5.41) is 3.00. The SMILES string of the molecule is COc1cnc(C(=O)N2C[C@H]3CN(Cc4csc(C)n4)C(=O)[C@H]3C2)nc1. The van der Waals surface area contributed by atoms with Crippen LogP contribution in [0.5, 0.6) is 5.75 Å². The minimum Gasteiger partial charge on any atom is -0.494 e. The van der Waals surface area contributed by atoms with Crippen molar-refractivity contribution in [2.45, 2.75) is 13.5 Å². The Morgan fingerprint density at radius 2 is 2.08 bits per heavy atom. The van der Waals surface area contributed by atoms with Gasteiger partial charge in [0, 0.05) is 30.9 Å². The van der Waals surface area contributed by atoms with E-state index in [4.69, 9.17) is 4.74 Å². The molecule has 2 aromatic rings. The van der Waals surface area contributed by atoms with E-state index in [1.54, 1.807) is 16.2 Å². The summed E-state index contributed by atoms with van der Waals surface area (Å²) >= 11 is 1.59. The molecule has 0 radical (unpaired) electrons. The van der Waals surface area contributed by atoms with Crippen molar-refractivity contribution in [3.8, 4) is 5.75 Å². The first kappa shape index (κ1) is 16.9. The lowest BCUT2D eigenvalue weighted by Gasteiger charge is -2.20. The average Bonchev–Trinajstić information content (AvgIpc) is 3.32. The summed E-state index contributed by atoms with van der Waals surface area (Å²) < 4.78 is 5.01. The molecule has 26 heavy (non-hydrogen) atoms. The van der Waals surface area contributed by atoms with E-state index in [1.807, 2.05) is 17.2 Å². The maximum absolute atomic E-state index is 12.7. The van der Waals surface area contributed by atoms with Crippen LogP contribution in [0.3, 0.4) is 0 Å². The third-order valence-electron chi connectivity index (χ3n) is 4.89. The van der Waals surface area contributed by atoms with Gasteiger partial charge in [-0.25, -0.2) is 15.0 Å². The lowest BCUT2D eigenvalue weighted by molar-refractivity contribution is -0.131. The second-order valence-corrected chi connectivity index (χ2v) is 7.66. The zero-order chi connectivity index (χ0) is 18.3. The monoisotopic (exact) mass is 373 g/mol. The molecule has 2 atom stereocenters. The zero-order valence-electron chi connectivity index (χ0n) is 14.6. The normalized spacial score (nSPS) is 22.0. The predicted octanol–water partition coefficient (Wildman–Crippen LogP) is 0.981. The predicted molar refractivity (Wildman–Crippen MR) is 93.7 cm³/mol. The summed E-state index contributed by atoms with van der Waals surface area (Å²) in [7, 11) is 1.52. The molecule has 0 aliphatic carbocycles. The number of amides is 2. The van der Waals surface area contributed by atoms with Gasteiger partial charge in [0.1, 0.15) is 0 Å². The Bertz CT molecular complexity index is 837. The second kappa shape index (κ2) is 6.64. The molecule has 2 saturated heterocycles. The molecule has 0 unspecified atom stereocenters. The van der Waals surface area contributed by atoms with E-state index in [0.29, 0.717) is 31.9 Å². The highest BCUT2D eigenvalue weighted by Gasteiger charge is 2.47. The summed E-state index contributed by atoms with van der Waals surface area (Å²) in [4.78, 5) is 41.4. The van der Waals surface area contributed by atoms with Crippen molar-refractivity contribution in [1.82, 2.24) is 24.8 Å². The summed E-state index contributed by atoms with van der Waals surface area (Å²) in [6.07, 6.45) is 2.94. The highest BCUT2D eigenvalue weighted by Crippen LogP contribution is 2.33. The topological polar surface area (TPSA) is 88.5 Å². The van der Waals surface area contributed by atoms with E-state index in [9.17, 15) is 9.59 Å². The number of nitrogens with zero attached hydrogens (tertiary/aromatic N) is 5. The van der Waals surface area contributed by atoms with Gasteiger partial charge in [0.2, 0.25) is 11.7 Å². The van der Waals surface area contributed by atoms with Crippen LogP contribution in [0.25, 0.3) is 0 Å². The van der Waals surface area contributed by atoms with Crippen LogP contribution in [0.4, 0.5) is 0 Å². The van der Waals surface area contributed by atoms with Gasteiger partial charge in [-0.1, -0.05) is 0 Å². The summed E-state index contributed by atoms with van der Waals surface area (Å²) in [6, 6.07) is 0. The van der Waals surface area contributed by atoms with Crippen LogP contribution < -0.4 is 4.74 Å². The number of rotatable bonds is 4. The molecule has 0 bridgehead atoms. The van der Waals surface area contributed by atoms with Crippen molar-refractivity contribution in [2.75, 3.05) is 26.7 Å². The number of likely N-dealkylation sites (tertiary alicyclic amines) is 2. The molecule has 2 amide bonds. The van der Waals surface area contributed by atoms with E-state index in [-0.39, 0.29) is 29.5 Å². The quantitative estimate of drug-likeness (QED) is 0.794. The Balaban J connectivity index is 1.40. The molecular formula is C17H19N5O3S. The van der Waals surface area contributed by atoms with Crippen LogP contribution in [-0.4, -0.2) is 63.3 Å². The smallest absolute Gasteiger partial charge is 0.291 e. The van der Waals surface area contributed by atoms with Crippen LogP contribution in [0.2, 0.25) is 0 Å². The maximum atomic E-state index is 12.7. The van der Waals surface area contributed by atoms with Crippen molar-refractivity contribution in [3.63, 3.8) is 0 Å². The molecule has 2 aliphatic heterocycles. The fraction of sp³-hybridized carbons (Fsp3) is 0.471. The van der Waals surface area contributed by atoms with Gasteiger partial charge < -0.3 is 14.5 Å². The number of methoxy groups -OCH3 is 1. The number of carbonyl (C=O) groups excluding carboxylic acids is 2. The summed E-state index contributed by atoms with van der Waals surface area (Å²) in [6.45, 7) is 4.14. The van der Waals surface area contributed by atoms with Crippen LogP contribution in [-0.2, 0) is 11.3 Å². The van der Waals surface area contributed by atoms with Crippen molar-refractivity contribution in [2.24, 2.45) is 11.8 Å². The van der Waals surface area contributed by atoms with E-state index >= 15 is 0 Å². The van der Waals surface area contributed by atoms with Crippen molar-refractivity contribution in [3.05, 3.63) is 34.3 Å². The number of aryl methyl sites for hydroxylation is 1. The molecule has 2 aromatic heterocycles. The first-order chi connectivity index (χ1) is 12.5. The van der Waals surface area contributed by atoms with Gasteiger partial charge in [0.15, 0.2) is 5.75 Å². The minimum atomic E-state index is -0.239. The van der Waals surface area contributed by atoms with Crippen LogP contribution in [0.1, 0.15) is 21.3 Å². The molecule has 4 rings (SSSR count). The molecule has 0 spiro atoms. The molecular weight excluding hydrogens is 354 g/mol. The standard InChI is InChI=1S/C17H19N5O3S/c1-10-20-12(9-26-10)7-21-5-11-6-22(8-14(11)16(21)23)17(24)15-18-3-13(25-2)4-19-15/h3-4,9,11,14H,5-8H2,1-2H3/t11-,14+/m1/s1. The van der Waals surface area contributed by atoms with E-state index in [2.05, 4.69) is 15.0 Å². The summed E-state index contributed by atoms with van der Waals surface area (Å²) in [5.74, 6) is 0.514. The first-order valence-corrected chi connectivity index (χ1v) is 9.28. The van der Waals surface area contributed by atoms with E-state index in [1.165, 1.54) is 19.5 Å². The van der Waals surface area contributed by atoms with E-state index in [0.717, 1.165) is 10.7 Å². The molecule has 4 heterocycles. The number of aromatic nitrogens is 3. The highest BCUT2D eigenvalue weighted by atomic mass is 32.1. The molecule has 2 aliphatic rings. The van der Waals surface area contributed by atoms with Crippen LogP contribution in [0.15, 0.2) is 17.8 Å². The van der Waals surface area contributed by atoms with Crippen molar-refractivity contribution >= 4 is 23.2 Å². The third kappa shape index (κ3) is 3.03. The molecule has 0 aromatic carbocycles. The molecule has 136 valence electrons. The Morgan fingerprint density at radius 3 is 2.69 bits per heavy atom. The number of fused-ring (bicyclic) bond motifs is 1. The fourth-order valence-electron chi connectivity index (χ4n) is 3.60. The Labute approximate surface area is 154 Å². The number of ether oxygens (including phenoxy) is 1. The minimum absolute atomic E-state index is 0.103. The average molecular weight is 373 g/mol. The Hall–Kier alpha value is -2.55. The van der Waals surface area contributed by atoms with Gasteiger partial charge in [-0.2, -0.15) is 0 Å². The molecule has 0 N–H and O–H groups in total. The first-order valence-electron chi connectivity index (χ1n) is 8.40. The molecule has 8 nitrogen and oxygen atoms in total. The zero-order valence-corrected chi connectivity index (χ0v) is 15.4. The summed E-state index contributed by atoms with van der Waals surface area (Å²) in [5.41, 5.74) is 0.931. The highest BCUT2D eigenvalue weighted by molar-refractivity contribution is 7.09. The van der Waals surface area contributed by atoms with Gasteiger partial charge in [0.05, 0.1) is 42.7 Å². The third-order valence-corrected chi connectivity index (χ3v) is 5.71. The lowest BCUT2D eigenvalue weighted by Crippen LogP contribution is -2.36. The molecule has 0 saturated carbocycles.